The fraction of sp³-hybridized carbons (Fsp3) is 0.182. The molecule has 1 unspecified atom stereocenters. The summed E-state index contributed by atoms with van der Waals surface area (Å²) in [6.45, 7) is 2.11. The number of nitrogens with one attached hydrogen (secondary N) is 2. The molecule has 0 spiro atoms. The topological polar surface area (TPSA) is 78.4 Å². The Bertz CT molecular complexity index is 963. The number of carbonyl (C=O) groups excluding carboxylic acids is 2. The number of fused-ring (bicyclic) bond motifs is 1. The molecule has 5 heteroatoms. The Balaban J connectivity index is 1.54. The number of aliphatic hydroxyl groups is 1. The van der Waals surface area contributed by atoms with E-state index in [2.05, 4.69) is 10.6 Å². The molecule has 0 aliphatic rings. The predicted octanol–water partition coefficient (Wildman–Crippen LogP) is 3.33. The average Bonchev–Trinajstić information content (AvgIpc) is 2.67. The summed E-state index contributed by atoms with van der Waals surface area (Å²) in [5, 5.41) is 17.6. The summed E-state index contributed by atoms with van der Waals surface area (Å²) >= 11 is 0. The van der Waals surface area contributed by atoms with Crippen LogP contribution in [0.25, 0.3) is 10.8 Å². The normalized spacial score (nSPS) is 11.8. The van der Waals surface area contributed by atoms with Crippen LogP contribution >= 0.6 is 0 Å². The van der Waals surface area contributed by atoms with Gasteiger partial charge in [-0.1, -0.05) is 54.6 Å². The second-order valence-corrected chi connectivity index (χ2v) is 6.45. The van der Waals surface area contributed by atoms with E-state index in [4.69, 9.17) is 0 Å². The van der Waals surface area contributed by atoms with E-state index in [0.717, 1.165) is 21.9 Å². The van der Waals surface area contributed by atoms with Gasteiger partial charge in [-0.15, -0.1) is 0 Å². The Hall–Kier alpha value is -3.18. The van der Waals surface area contributed by atoms with Gasteiger partial charge in [-0.3, -0.25) is 9.59 Å². The van der Waals surface area contributed by atoms with E-state index < -0.39 is 17.9 Å². The van der Waals surface area contributed by atoms with Crippen molar-refractivity contribution >= 4 is 28.3 Å². The number of aliphatic hydroxyl groups excluding tert-OH is 1. The third kappa shape index (κ3) is 4.71. The molecule has 3 N–H and O–H groups in total. The first-order valence-corrected chi connectivity index (χ1v) is 8.86. The third-order valence-electron chi connectivity index (χ3n) is 4.37. The molecule has 0 heterocycles. The molecule has 0 fully saturated rings. The van der Waals surface area contributed by atoms with Crippen molar-refractivity contribution in [2.75, 3.05) is 11.9 Å². The molecule has 138 valence electrons. The maximum absolute atomic E-state index is 12.0. The molecule has 0 aliphatic heterocycles. The van der Waals surface area contributed by atoms with Crippen LogP contribution in [0.2, 0.25) is 0 Å². The molecule has 0 radical (unpaired) electrons. The van der Waals surface area contributed by atoms with Crippen molar-refractivity contribution in [1.29, 1.82) is 0 Å². The summed E-state index contributed by atoms with van der Waals surface area (Å²) in [5.74, 6) is -1.44. The lowest BCUT2D eigenvalue weighted by atomic mass is 9.99. The van der Waals surface area contributed by atoms with Crippen LogP contribution in [0.3, 0.4) is 0 Å². The first-order chi connectivity index (χ1) is 13.0. The highest BCUT2D eigenvalue weighted by Gasteiger charge is 2.15. The number of aryl methyl sites for hydroxylation is 1. The van der Waals surface area contributed by atoms with E-state index in [9.17, 15) is 14.7 Å². The Morgan fingerprint density at radius 2 is 1.70 bits per heavy atom. The SMILES string of the molecule is Cc1cccc(NC(=O)C(=O)NCCC(O)c2cccc3ccccc23)c1. The highest BCUT2D eigenvalue weighted by molar-refractivity contribution is 6.39. The maximum Gasteiger partial charge on any atom is 0.313 e. The Kier molecular flexibility index (Phi) is 5.84. The highest BCUT2D eigenvalue weighted by atomic mass is 16.3. The van der Waals surface area contributed by atoms with E-state index in [1.165, 1.54) is 0 Å². The number of anilines is 1. The first-order valence-electron chi connectivity index (χ1n) is 8.86. The standard InChI is InChI=1S/C22H22N2O3/c1-15-6-4-9-17(14-15)24-22(27)21(26)23-13-12-20(25)19-11-5-8-16-7-2-3-10-18(16)19/h2-11,14,20,25H,12-13H2,1H3,(H,23,26)(H,24,27). The smallest absolute Gasteiger partial charge is 0.313 e. The minimum atomic E-state index is -0.726. The summed E-state index contributed by atoms with van der Waals surface area (Å²) in [6, 6.07) is 20.8. The molecule has 0 saturated heterocycles. The van der Waals surface area contributed by atoms with Gasteiger partial charge in [0.15, 0.2) is 0 Å². The van der Waals surface area contributed by atoms with Gasteiger partial charge in [0.05, 0.1) is 6.10 Å². The molecule has 0 bridgehead atoms. The lowest BCUT2D eigenvalue weighted by Crippen LogP contribution is -2.36. The quantitative estimate of drug-likeness (QED) is 0.609. The van der Waals surface area contributed by atoms with Crippen LogP contribution in [0.1, 0.15) is 23.7 Å². The minimum Gasteiger partial charge on any atom is -0.388 e. The van der Waals surface area contributed by atoms with Crippen molar-refractivity contribution in [2.24, 2.45) is 0 Å². The van der Waals surface area contributed by atoms with Crippen LogP contribution in [0, 0.1) is 6.92 Å². The number of carbonyl (C=O) groups is 2. The molecule has 5 nitrogen and oxygen atoms in total. The maximum atomic E-state index is 12.0. The summed E-state index contributed by atoms with van der Waals surface area (Å²) < 4.78 is 0. The largest absolute Gasteiger partial charge is 0.388 e. The molecular formula is C22H22N2O3. The Morgan fingerprint density at radius 3 is 2.52 bits per heavy atom. The fourth-order valence-electron chi connectivity index (χ4n) is 3.01. The fourth-order valence-corrected chi connectivity index (χ4v) is 3.01. The van der Waals surface area contributed by atoms with Gasteiger partial charge in [0.1, 0.15) is 0 Å². The zero-order valence-electron chi connectivity index (χ0n) is 15.1. The van der Waals surface area contributed by atoms with Crippen molar-refractivity contribution in [3.63, 3.8) is 0 Å². The zero-order valence-corrected chi connectivity index (χ0v) is 15.1. The van der Waals surface area contributed by atoms with Crippen molar-refractivity contribution in [3.8, 4) is 0 Å². The van der Waals surface area contributed by atoms with Gasteiger partial charge in [-0.05, 0) is 47.4 Å². The zero-order chi connectivity index (χ0) is 19.2. The first kappa shape index (κ1) is 18.6. The molecule has 0 saturated carbocycles. The number of rotatable bonds is 5. The van der Waals surface area contributed by atoms with E-state index in [0.29, 0.717) is 12.1 Å². The van der Waals surface area contributed by atoms with Crippen molar-refractivity contribution in [3.05, 3.63) is 77.9 Å². The Labute approximate surface area is 158 Å². The molecule has 3 aromatic carbocycles. The summed E-state index contributed by atoms with van der Waals surface area (Å²) in [7, 11) is 0. The average molecular weight is 362 g/mol. The van der Waals surface area contributed by atoms with Gasteiger partial charge in [-0.2, -0.15) is 0 Å². The van der Waals surface area contributed by atoms with Crippen molar-refractivity contribution < 1.29 is 14.7 Å². The minimum absolute atomic E-state index is 0.199. The molecular weight excluding hydrogens is 340 g/mol. The molecule has 3 aromatic rings. The predicted molar refractivity (Wildman–Crippen MR) is 106 cm³/mol. The summed E-state index contributed by atoms with van der Waals surface area (Å²) in [5.41, 5.74) is 2.38. The van der Waals surface area contributed by atoms with Gasteiger partial charge in [-0.25, -0.2) is 0 Å². The number of hydrogen-bond acceptors (Lipinski definition) is 3. The second kappa shape index (κ2) is 8.47. The van der Waals surface area contributed by atoms with Crippen LogP contribution in [-0.4, -0.2) is 23.5 Å². The van der Waals surface area contributed by atoms with Gasteiger partial charge in [0.25, 0.3) is 0 Å². The van der Waals surface area contributed by atoms with Gasteiger partial charge < -0.3 is 15.7 Å². The van der Waals surface area contributed by atoms with E-state index in [1.54, 1.807) is 12.1 Å². The molecule has 0 aromatic heterocycles. The lowest BCUT2D eigenvalue weighted by molar-refractivity contribution is -0.136. The lowest BCUT2D eigenvalue weighted by Gasteiger charge is -2.14. The third-order valence-corrected chi connectivity index (χ3v) is 4.37. The molecule has 0 aliphatic carbocycles. The van der Waals surface area contributed by atoms with E-state index in [-0.39, 0.29) is 6.54 Å². The van der Waals surface area contributed by atoms with Crippen LogP contribution in [0.15, 0.2) is 66.7 Å². The number of benzene rings is 3. The van der Waals surface area contributed by atoms with Gasteiger partial charge in [0, 0.05) is 12.2 Å². The van der Waals surface area contributed by atoms with Crippen LogP contribution in [0.4, 0.5) is 5.69 Å². The van der Waals surface area contributed by atoms with E-state index in [1.807, 2.05) is 61.5 Å². The molecule has 27 heavy (non-hydrogen) atoms. The monoisotopic (exact) mass is 362 g/mol. The molecule has 3 rings (SSSR count). The van der Waals surface area contributed by atoms with Crippen LogP contribution < -0.4 is 10.6 Å². The highest BCUT2D eigenvalue weighted by Crippen LogP contribution is 2.25. The van der Waals surface area contributed by atoms with Crippen molar-refractivity contribution in [1.82, 2.24) is 5.32 Å². The van der Waals surface area contributed by atoms with E-state index >= 15 is 0 Å². The van der Waals surface area contributed by atoms with Gasteiger partial charge in [0.2, 0.25) is 0 Å². The number of hydrogen-bond donors (Lipinski definition) is 3. The van der Waals surface area contributed by atoms with Gasteiger partial charge >= 0.3 is 11.8 Å². The molecule has 1 atom stereocenters. The molecule has 2 amide bonds. The summed E-state index contributed by atoms with van der Waals surface area (Å²) in [6.07, 6.45) is -0.409. The second-order valence-electron chi connectivity index (χ2n) is 6.45. The summed E-state index contributed by atoms with van der Waals surface area (Å²) in [4.78, 5) is 23.9. The van der Waals surface area contributed by atoms with Crippen LogP contribution in [0.5, 0.6) is 0 Å². The van der Waals surface area contributed by atoms with Crippen LogP contribution in [-0.2, 0) is 9.59 Å². The van der Waals surface area contributed by atoms with Crippen molar-refractivity contribution in [2.45, 2.75) is 19.4 Å². The Morgan fingerprint density at radius 1 is 0.963 bits per heavy atom. The number of amides is 2.